The molecule has 0 aliphatic carbocycles. The predicted molar refractivity (Wildman–Crippen MR) is 67.1 cm³/mol. The second-order valence-electron chi connectivity index (χ2n) is 4.34. The van der Waals surface area contributed by atoms with Gasteiger partial charge in [-0.3, -0.25) is 0 Å². The summed E-state index contributed by atoms with van der Waals surface area (Å²) in [5.41, 5.74) is 9.58. The van der Waals surface area contributed by atoms with E-state index in [2.05, 4.69) is 0 Å². The van der Waals surface area contributed by atoms with Gasteiger partial charge in [-0.1, -0.05) is 18.2 Å². The van der Waals surface area contributed by atoms with Crippen molar-refractivity contribution >= 4 is 11.4 Å². The number of hydrogen-bond donors (Lipinski definition) is 1. The van der Waals surface area contributed by atoms with E-state index in [1.54, 1.807) is 6.07 Å². The van der Waals surface area contributed by atoms with Gasteiger partial charge in [0.2, 0.25) is 0 Å². The summed E-state index contributed by atoms with van der Waals surface area (Å²) in [4.78, 5) is 2.03. The number of rotatable bonds is 1. The fraction of sp³-hybridized carbons (Fsp3) is 0.143. The standard InChI is InChI=1S/C14H13FN2/c15-13-3-1-2-4-14(13)17-8-10-5-6-12(16)7-11(10)9-17/h1-7H,8-9,16H2. The maximum atomic E-state index is 13.7. The number of benzene rings is 2. The SMILES string of the molecule is Nc1ccc2c(c1)CN(c1ccccc1F)C2. The van der Waals surface area contributed by atoms with Gasteiger partial charge in [0.1, 0.15) is 5.82 Å². The Balaban J connectivity index is 1.94. The smallest absolute Gasteiger partial charge is 0.146 e. The summed E-state index contributed by atoms with van der Waals surface area (Å²) in [7, 11) is 0. The molecule has 0 spiro atoms. The van der Waals surface area contributed by atoms with Crippen LogP contribution in [-0.4, -0.2) is 0 Å². The van der Waals surface area contributed by atoms with Gasteiger partial charge in [0.15, 0.2) is 0 Å². The Morgan fingerprint density at radius 1 is 1.00 bits per heavy atom. The van der Waals surface area contributed by atoms with Gasteiger partial charge in [0, 0.05) is 18.8 Å². The monoisotopic (exact) mass is 228 g/mol. The number of nitrogens with two attached hydrogens (primary N) is 1. The van der Waals surface area contributed by atoms with Crippen molar-refractivity contribution in [1.82, 2.24) is 0 Å². The third-order valence-electron chi connectivity index (χ3n) is 3.15. The first-order chi connectivity index (χ1) is 8.24. The lowest BCUT2D eigenvalue weighted by molar-refractivity contribution is 0.619. The van der Waals surface area contributed by atoms with Crippen molar-refractivity contribution in [2.45, 2.75) is 13.1 Å². The number of para-hydroxylation sites is 1. The molecule has 0 aromatic heterocycles. The summed E-state index contributed by atoms with van der Waals surface area (Å²) in [6.07, 6.45) is 0. The van der Waals surface area contributed by atoms with E-state index in [1.165, 1.54) is 17.2 Å². The second-order valence-corrected chi connectivity index (χ2v) is 4.34. The Labute approximate surface area is 99.5 Å². The summed E-state index contributed by atoms with van der Waals surface area (Å²) in [5, 5.41) is 0. The first-order valence-corrected chi connectivity index (χ1v) is 5.61. The minimum Gasteiger partial charge on any atom is -0.399 e. The first-order valence-electron chi connectivity index (χ1n) is 5.61. The van der Waals surface area contributed by atoms with E-state index >= 15 is 0 Å². The predicted octanol–water partition coefficient (Wildman–Crippen LogP) is 2.93. The van der Waals surface area contributed by atoms with E-state index in [9.17, 15) is 4.39 Å². The Morgan fingerprint density at radius 3 is 2.59 bits per heavy atom. The van der Waals surface area contributed by atoms with Crippen LogP contribution in [0.5, 0.6) is 0 Å². The number of nitrogen functional groups attached to an aromatic ring is 1. The van der Waals surface area contributed by atoms with Gasteiger partial charge in [-0.25, -0.2) is 4.39 Å². The lowest BCUT2D eigenvalue weighted by Gasteiger charge is -2.18. The molecule has 0 saturated heterocycles. The Morgan fingerprint density at radius 2 is 1.76 bits per heavy atom. The van der Waals surface area contributed by atoms with E-state index < -0.39 is 0 Å². The van der Waals surface area contributed by atoms with Crippen LogP contribution in [0.25, 0.3) is 0 Å². The quantitative estimate of drug-likeness (QED) is 0.760. The second kappa shape index (κ2) is 3.77. The van der Waals surface area contributed by atoms with E-state index in [0.29, 0.717) is 5.69 Å². The number of fused-ring (bicyclic) bond motifs is 1. The zero-order chi connectivity index (χ0) is 11.8. The van der Waals surface area contributed by atoms with Crippen LogP contribution in [0.2, 0.25) is 0 Å². The Bertz CT molecular complexity index is 566. The molecule has 0 atom stereocenters. The number of hydrogen-bond acceptors (Lipinski definition) is 2. The third kappa shape index (κ3) is 1.73. The van der Waals surface area contributed by atoms with Crippen LogP contribution in [-0.2, 0) is 13.1 Å². The van der Waals surface area contributed by atoms with Crippen LogP contribution in [0, 0.1) is 5.82 Å². The van der Waals surface area contributed by atoms with Crippen molar-refractivity contribution in [3.63, 3.8) is 0 Å². The molecular weight excluding hydrogens is 215 g/mol. The summed E-state index contributed by atoms with van der Waals surface area (Å²) in [5.74, 6) is -0.173. The van der Waals surface area contributed by atoms with Crippen LogP contribution in [0.1, 0.15) is 11.1 Å². The largest absolute Gasteiger partial charge is 0.399 e. The summed E-state index contributed by atoms with van der Waals surface area (Å²) in [6, 6.07) is 12.7. The highest BCUT2D eigenvalue weighted by atomic mass is 19.1. The lowest BCUT2D eigenvalue weighted by Crippen LogP contribution is -2.15. The topological polar surface area (TPSA) is 29.3 Å². The zero-order valence-corrected chi connectivity index (χ0v) is 9.36. The van der Waals surface area contributed by atoms with Gasteiger partial charge in [-0.2, -0.15) is 0 Å². The van der Waals surface area contributed by atoms with E-state index in [1.807, 2.05) is 35.2 Å². The molecular formula is C14H13FN2. The zero-order valence-electron chi connectivity index (χ0n) is 9.36. The Hall–Kier alpha value is -2.03. The van der Waals surface area contributed by atoms with Crippen molar-refractivity contribution in [2.24, 2.45) is 0 Å². The highest BCUT2D eigenvalue weighted by Gasteiger charge is 2.20. The van der Waals surface area contributed by atoms with Gasteiger partial charge >= 0.3 is 0 Å². The molecule has 0 amide bonds. The fourth-order valence-electron chi connectivity index (χ4n) is 2.29. The molecule has 1 heterocycles. The van der Waals surface area contributed by atoms with Gasteiger partial charge in [0.05, 0.1) is 5.69 Å². The summed E-state index contributed by atoms with van der Waals surface area (Å²) >= 11 is 0. The van der Waals surface area contributed by atoms with E-state index in [4.69, 9.17) is 5.73 Å². The maximum Gasteiger partial charge on any atom is 0.146 e. The summed E-state index contributed by atoms with van der Waals surface area (Å²) < 4.78 is 13.7. The summed E-state index contributed by atoms with van der Waals surface area (Å²) in [6.45, 7) is 1.47. The molecule has 17 heavy (non-hydrogen) atoms. The molecule has 86 valence electrons. The van der Waals surface area contributed by atoms with Crippen LogP contribution in [0.4, 0.5) is 15.8 Å². The molecule has 2 aromatic rings. The molecule has 1 aliphatic rings. The molecule has 0 fully saturated rings. The maximum absolute atomic E-state index is 13.7. The van der Waals surface area contributed by atoms with Gasteiger partial charge < -0.3 is 10.6 Å². The normalized spacial score (nSPS) is 13.8. The van der Waals surface area contributed by atoms with E-state index in [-0.39, 0.29) is 5.82 Å². The van der Waals surface area contributed by atoms with Crippen molar-refractivity contribution in [3.8, 4) is 0 Å². The van der Waals surface area contributed by atoms with Crippen LogP contribution in [0.3, 0.4) is 0 Å². The molecule has 2 N–H and O–H groups in total. The molecule has 3 rings (SSSR count). The highest BCUT2D eigenvalue weighted by molar-refractivity contribution is 5.55. The van der Waals surface area contributed by atoms with Crippen molar-refractivity contribution in [3.05, 3.63) is 59.4 Å². The molecule has 2 nitrogen and oxygen atoms in total. The first kappa shape index (κ1) is 10.1. The molecule has 0 unspecified atom stereocenters. The van der Waals surface area contributed by atoms with Gasteiger partial charge in [-0.15, -0.1) is 0 Å². The van der Waals surface area contributed by atoms with Crippen LogP contribution < -0.4 is 10.6 Å². The number of halogens is 1. The van der Waals surface area contributed by atoms with Crippen molar-refractivity contribution < 1.29 is 4.39 Å². The van der Waals surface area contributed by atoms with Crippen molar-refractivity contribution in [1.29, 1.82) is 0 Å². The van der Waals surface area contributed by atoms with E-state index in [0.717, 1.165) is 18.8 Å². The molecule has 2 aromatic carbocycles. The highest BCUT2D eigenvalue weighted by Crippen LogP contribution is 2.30. The van der Waals surface area contributed by atoms with Gasteiger partial charge in [-0.05, 0) is 35.4 Å². The van der Waals surface area contributed by atoms with Crippen LogP contribution in [0.15, 0.2) is 42.5 Å². The number of nitrogens with zero attached hydrogens (tertiary/aromatic N) is 1. The average Bonchev–Trinajstić information content (AvgIpc) is 2.72. The average molecular weight is 228 g/mol. The minimum atomic E-state index is -0.173. The Kier molecular flexibility index (Phi) is 2.25. The molecule has 1 aliphatic heterocycles. The molecule has 0 bridgehead atoms. The lowest BCUT2D eigenvalue weighted by atomic mass is 10.1. The minimum absolute atomic E-state index is 0.173. The molecule has 0 saturated carbocycles. The van der Waals surface area contributed by atoms with Gasteiger partial charge in [0.25, 0.3) is 0 Å². The third-order valence-corrected chi connectivity index (χ3v) is 3.15. The van der Waals surface area contributed by atoms with Crippen molar-refractivity contribution in [2.75, 3.05) is 10.6 Å². The fourth-order valence-corrected chi connectivity index (χ4v) is 2.29. The molecule has 0 radical (unpaired) electrons. The molecule has 3 heteroatoms. The number of anilines is 2. The van der Waals surface area contributed by atoms with Crippen LogP contribution >= 0.6 is 0 Å².